The molecule has 0 saturated heterocycles. The molecule has 0 aliphatic heterocycles. The van der Waals surface area contributed by atoms with Gasteiger partial charge in [-0.3, -0.25) is 0 Å². The van der Waals surface area contributed by atoms with Gasteiger partial charge in [0.1, 0.15) is 0 Å². The Morgan fingerprint density at radius 3 is 2.94 bits per heavy atom. The van der Waals surface area contributed by atoms with Gasteiger partial charge in [0.25, 0.3) is 0 Å². The Balaban J connectivity index is 2.04. The molecule has 84 valence electrons. The Morgan fingerprint density at radius 1 is 1.38 bits per heavy atom. The van der Waals surface area contributed by atoms with Gasteiger partial charge in [-0.25, -0.2) is 4.98 Å². The van der Waals surface area contributed by atoms with E-state index in [1.807, 2.05) is 5.51 Å². The summed E-state index contributed by atoms with van der Waals surface area (Å²) in [7, 11) is 0. The third-order valence-corrected chi connectivity index (χ3v) is 3.32. The second-order valence-electron chi connectivity index (χ2n) is 3.83. The molecule has 0 aliphatic rings. The highest BCUT2D eigenvalue weighted by molar-refractivity contribution is 7.07. The molecule has 0 amide bonds. The van der Waals surface area contributed by atoms with Gasteiger partial charge in [0.2, 0.25) is 0 Å². The first kappa shape index (κ1) is 11.1. The number of hydrogen-bond donors (Lipinski definition) is 1. The molecule has 0 radical (unpaired) electrons. The molecule has 0 spiro atoms. The predicted octanol–water partition coefficient (Wildman–Crippen LogP) is 3.63. The third-order valence-electron chi connectivity index (χ3n) is 2.69. The zero-order valence-corrected chi connectivity index (χ0v) is 10.5. The van der Waals surface area contributed by atoms with Gasteiger partial charge >= 0.3 is 0 Å². The summed E-state index contributed by atoms with van der Waals surface area (Å²) in [5, 5.41) is 5.46. The summed E-state index contributed by atoms with van der Waals surface area (Å²) in [5.41, 5.74) is 6.91. The van der Waals surface area contributed by atoms with E-state index in [2.05, 4.69) is 47.7 Å². The minimum Gasteiger partial charge on any atom is -0.379 e. The van der Waals surface area contributed by atoms with Crippen molar-refractivity contribution in [3.63, 3.8) is 0 Å². The molecule has 0 atom stereocenters. The largest absolute Gasteiger partial charge is 0.379 e. The number of aromatic nitrogens is 1. The molecule has 1 heterocycles. The van der Waals surface area contributed by atoms with Crippen LogP contribution in [0.3, 0.4) is 0 Å². The SMILES string of the molecule is CCc1cc(NCc2cscn2)ccc1C. The van der Waals surface area contributed by atoms with Gasteiger partial charge in [-0.2, -0.15) is 0 Å². The van der Waals surface area contributed by atoms with Crippen molar-refractivity contribution >= 4 is 17.0 Å². The smallest absolute Gasteiger partial charge is 0.0795 e. The lowest BCUT2D eigenvalue weighted by Gasteiger charge is -2.08. The van der Waals surface area contributed by atoms with Crippen molar-refractivity contribution in [1.29, 1.82) is 0 Å². The van der Waals surface area contributed by atoms with E-state index in [4.69, 9.17) is 0 Å². The van der Waals surface area contributed by atoms with Crippen LogP contribution in [0.5, 0.6) is 0 Å². The van der Waals surface area contributed by atoms with Crippen LogP contribution >= 0.6 is 11.3 Å². The highest BCUT2D eigenvalue weighted by Gasteiger charge is 1.99. The molecule has 0 aliphatic carbocycles. The topological polar surface area (TPSA) is 24.9 Å². The van der Waals surface area contributed by atoms with Gasteiger partial charge in [0.05, 0.1) is 17.7 Å². The molecule has 3 heteroatoms. The Kier molecular flexibility index (Phi) is 3.57. The molecule has 1 aromatic heterocycles. The van der Waals surface area contributed by atoms with Gasteiger partial charge in [-0.15, -0.1) is 11.3 Å². The summed E-state index contributed by atoms with van der Waals surface area (Å²) >= 11 is 1.63. The summed E-state index contributed by atoms with van der Waals surface area (Å²) < 4.78 is 0. The third kappa shape index (κ3) is 2.61. The summed E-state index contributed by atoms with van der Waals surface area (Å²) in [6.45, 7) is 5.14. The van der Waals surface area contributed by atoms with Crippen LogP contribution in [0.4, 0.5) is 5.69 Å². The Hall–Kier alpha value is -1.35. The van der Waals surface area contributed by atoms with E-state index < -0.39 is 0 Å². The lowest BCUT2D eigenvalue weighted by Crippen LogP contribution is -2.00. The molecular formula is C13H16N2S. The van der Waals surface area contributed by atoms with Gasteiger partial charge < -0.3 is 5.32 Å². The predicted molar refractivity (Wildman–Crippen MR) is 70.0 cm³/mol. The fraction of sp³-hybridized carbons (Fsp3) is 0.308. The zero-order valence-electron chi connectivity index (χ0n) is 9.66. The minimum atomic E-state index is 0.801. The van der Waals surface area contributed by atoms with Crippen molar-refractivity contribution in [3.05, 3.63) is 45.9 Å². The molecule has 2 rings (SSSR count). The fourth-order valence-corrected chi connectivity index (χ4v) is 2.24. The van der Waals surface area contributed by atoms with Gasteiger partial charge in [-0.05, 0) is 36.6 Å². The van der Waals surface area contributed by atoms with Crippen molar-refractivity contribution in [2.45, 2.75) is 26.8 Å². The highest BCUT2D eigenvalue weighted by atomic mass is 32.1. The van der Waals surface area contributed by atoms with Crippen LogP contribution in [0.15, 0.2) is 29.1 Å². The molecule has 2 aromatic rings. The first-order valence-corrected chi connectivity index (χ1v) is 6.44. The Bertz CT molecular complexity index is 449. The molecule has 0 fully saturated rings. The summed E-state index contributed by atoms with van der Waals surface area (Å²) in [5.74, 6) is 0. The number of aryl methyl sites for hydroxylation is 2. The second-order valence-corrected chi connectivity index (χ2v) is 4.55. The molecule has 0 saturated carbocycles. The zero-order chi connectivity index (χ0) is 11.4. The summed E-state index contributed by atoms with van der Waals surface area (Å²) in [6.07, 6.45) is 1.08. The Labute approximate surface area is 100 Å². The van der Waals surface area contributed by atoms with E-state index >= 15 is 0 Å². The van der Waals surface area contributed by atoms with Crippen molar-refractivity contribution in [2.24, 2.45) is 0 Å². The average molecular weight is 232 g/mol. The van der Waals surface area contributed by atoms with Gasteiger partial charge in [0.15, 0.2) is 0 Å². The van der Waals surface area contributed by atoms with Crippen LogP contribution in [0.1, 0.15) is 23.7 Å². The lowest BCUT2D eigenvalue weighted by molar-refractivity contribution is 1.06. The van der Waals surface area contributed by atoms with E-state index in [0.29, 0.717) is 0 Å². The number of nitrogens with zero attached hydrogens (tertiary/aromatic N) is 1. The number of rotatable bonds is 4. The number of nitrogens with one attached hydrogen (secondary N) is 1. The van der Waals surface area contributed by atoms with Crippen LogP contribution in [0.25, 0.3) is 0 Å². The van der Waals surface area contributed by atoms with E-state index in [1.54, 1.807) is 11.3 Å². The van der Waals surface area contributed by atoms with Crippen LogP contribution in [0, 0.1) is 6.92 Å². The van der Waals surface area contributed by atoms with Crippen molar-refractivity contribution in [3.8, 4) is 0 Å². The van der Waals surface area contributed by atoms with Crippen LogP contribution < -0.4 is 5.32 Å². The maximum Gasteiger partial charge on any atom is 0.0795 e. The maximum absolute atomic E-state index is 4.25. The molecule has 1 aromatic carbocycles. The van der Waals surface area contributed by atoms with Crippen LogP contribution in [0.2, 0.25) is 0 Å². The maximum atomic E-state index is 4.25. The number of anilines is 1. The first-order valence-electron chi connectivity index (χ1n) is 5.50. The highest BCUT2D eigenvalue weighted by Crippen LogP contribution is 2.16. The average Bonchev–Trinajstić information content (AvgIpc) is 2.81. The standard InChI is InChI=1S/C13H16N2S/c1-3-11-6-12(5-4-10(11)2)14-7-13-8-16-9-15-13/h4-6,8-9,14H,3,7H2,1-2H3. The Morgan fingerprint density at radius 2 is 2.25 bits per heavy atom. The quantitative estimate of drug-likeness (QED) is 0.870. The molecular weight excluding hydrogens is 216 g/mol. The van der Waals surface area contributed by atoms with Crippen LogP contribution in [-0.2, 0) is 13.0 Å². The summed E-state index contributed by atoms with van der Waals surface area (Å²) in [4.78, 5) is 4.25. The molecule has 0 unspecified atom stereocenters. The van der Waals surface area contributed by atoms with Crippen molar-refractivity contribution < 1.29 is 0 Å². The van der Waals surface area contributed by atoms with Crippen molar-refractivity contribution in [2.75, 3.05) is 5.32 Å². The molecule has 16 heavy (non-hydrogen) atoms. The number of thiazole rings is 1. The van der Waals surface area contributed by atoms with Crippen molar-refractivity contribution in [1.82, 2.24) is 4.98 Å². The van der Waals surface area contributed by atoms with Gasteiger partial charge in [-0.1, -0.05) is 13.0 Å². The molecule has 1 N–H and O–H groups in total. The van der Waals surface area contributed by atoms with E-state index in [1.165, 1.54) is 16.8 Å². The lowest BCUT2D eigenvalue weighted by atomic mass is 10.1. The van der Waals surface area contributed by atoms with Crippen LogP contribution in [-0.4, -0.2) is 4.98 Å². The normalized spacial score (nSPS) is 10.4. The number of benzene rings is 1. The molecule has 0 bridgehead atoms. The first-order chi connectivity index (χ1) is 7.79. The van der Waals surface area contributed by atoms with E-state index in [-0.39, 0.29) is 0 Å². The summed E-state index contributed by atoms with van der Waals surface area (Å²) in [6, 6.07) is 6.52. The number of hydrogen-bond acceptors (Lipinski definition) is 3. The van der Waals surface area contributed by atoms with Gasteiger partial charge in [0, 0.05) is 11.1 Å². The monoisotopic (exact) mass is 232 g/mol. The minimum absolute atomic E-state index is 0.801. The van der Waals surface area contributed by atoms with E-state index in [9.17, 15) is 0 Å². The van der Waals surface area contributed by atoms with E-state index in [0.717, 1.165) is 18.7 Å². The fourth-order valence-electron chi connectivity index (χ4n) is 1.68. The molecule has 2 nitrogen and oxygen atoms in total. The second kappa shape index (κ2) is 5.12.